The van der Waals surface area contributed by atoms with Gasteiger partial charge in [0.25, 0.3) is 17.5 Å². The zero-order valence-electron chi connectivity index (χ0n) is 29.3. The van der Waals surface area contributed by atoms with Crippen molar-refractivity contribution in [2.45, 2.75) is 24.2 Å². The summed E-state index contributed by atoms with van der Waals surface area (Å²) in [5, 5.41) is 23.6. The predicted octanol–water partition coefficient (Wildman–Crippen LogP) is 6.30. The van der Waals surface area contributed by atoms with Gasteiger partial charge in [-0.05, 0) is 66.8 Å². The number of aromatic hydroxyl groups is 1. The summed E-state index contributed by atoms with van der Waals surface area (Å²) in [5.74, 6) is -7.80. The number of carbonyl (C=O) groups excluding carboxylic acids is 4. The first-order valence-corrected chi connectivity index (χ1v) is 17.7. The van der Waals surface area contributed by atoms with E-state index in [-0.39, 0.29) is 47.2 Å². The summed E-state index contributed by atoms with van der Waals surface area (Å²) in [4.78, 5) is 71.0. The number of amides is 4. The molecule has 4 amide bonds. The number of imide groups is 2. The van der Waals surface area contributed by atoms with Gasteiger partial charge in [0, 0.05) is 40.8 Å². The molecule has 6 atom stereocenters. The van der Waals surface area contributed by atoms with E-state index in [1.807, 2.05) is 6.08 Å². The van der Waals surface area contributed by atoms with Crippen LogP contribution in [-0.2, 0) is 24.6 Å². The lowest BCUT2D eigenvalue weighted by Gasteiger charge is -2.51. The van der Waals surface area contributed by atoms with Crippen molar-refractivity contribution in [1.82, 2.24) is 5.01 Å². The van der Waals surface area contributed by atoms with Crippen LogP contribution in [0.4, 0.5) is 21.5 Å². The first-order chi connectivity index (χ1) is 26.4. The number of allylic oxidation sites excluding steroid dienone is 2. The minimum Gasteiger partial charge on any atom is -0.508 e. The lowest BCUT2D eigenvalue weighted by atomic mass is 9.49. The molecule has 2 saturated heterocycles. The van der Waals surface area contributed by atoms with Gasteiger partial charge < -0.3 is 14.6 Å². The molecule has 0 spiro atoms. The summed E-state index contributed by atoms with van der Waals surface area (Å²) in [6.07, 6.45) is 1.85. The highest BCUT2D eigenvalue weighted by Gasteiger charge is 2.71. The number of nitrogens with one attached hydrogen (secondary N) is 1. The minimum atomic E-state index is -1.74. The molecule has 2 aliphatic heterocycles. The molecule has 0 radical (unpaired) electrons. The van der Waals surface area contributed by atoms with E-state index in [2.05, 4.69) is 5.43 Å². The summed E-state index contributed by atoms with van der Waals surface area (Å²) < 4.78 is 25.6. The topological polar surface area (TPSA) is 169 Å². The fourth-order valence-corrected chi connectivity index (χ4v) is 9.30. The normalized spacial score (nSPS) is 25.6. The number of nitro benzene ring substituents is 1. The van der Waals surface area contributed by atoms with Crippen molar-refractivity contribution in [3.63, 3.8) is 0 Å². The SMILES string of the molecule is COc1cc(O)cc(OC)c1C1C2=CCC3C(=O)N(c4cccc([N+](=O)[O-])c4)C(=O)C3C2CC2C(=O)N(Nc3ccc(F)cc3)C(=O)C21c1ccc(Cl)cc1. The van der Waals surface area contributed by atoms with E-state index < -0.39 is 69.4 Å². The number of carbonyl (C=O) groups is 4. The van der Waals surface area contributed by atoms with Crippen molar-refractivity contribution >= 4 is 52.3 Å². The van der Waals surface area contributed by atoms with Crippen molar-refractivity contribution in [3.05, 3.63) is 129 Å². The van der Waals surface area contributed by atoms with Crippen molar-refractivity contribution < 1.29 is 43.1 Å². The van der Waals surface area contributed by atoms with Gasteiger partial charge in [-0.15, -0.1) is 0 Å². The van der Waals surface area contributed by atoms with E-state index in [1.54, 1.807) is 24.3 Å². The maximum absolute atomic E-state index is 15.4. The number of non-ortho nitro benzene ring substituents is 1. The van der Waals surface area contributed by atoms with Gasteiger partial charge in [-0.25, -0.2) is 9.29 Å². The average molecular weight is 767 g/mol. The molecule has 1 saturated carbocycles. The van der Waals surface area contributed by atoms with Crippen LogP contribution in [0.25, 0.3) is 0 Å². The van der Waals surface area contributed by atoms with Crippen LogP contribution in [-0.4, -0.2) is 52.9 Å². The molecular formula is C40H32ClFN4O9. The van der Waals surface area contributed by atoms with Gasteiger partial charge in [-0.2, -0.15) is 5.01 Å². The Kier molecular flexibility index (Phi) is 8.60. The summed E-state index contributed by atoms with van der Waals surface area (Å²) in [5.41, 5.74) is 2.45. The van der Waals surface area contributed by atoms with Crippen LogP contribution in [0.2, 0.25) is 5.02 Å². The molecule has 3 fully saturated rings. The quantitative estimate of drug-likeness (QED) is 0.0899. The van der Waals surface area contributed by atoms with E-state index in [4.69, 9.17) is 21.1 Å². The number of hydrogen-bond acceptors (Lipinski definition) is 10. The number of fused-ring (bicyclic) bond motifs is 4. The Morgan fingerprint density at radius 2 is 1.58 bits per heavy atom. The van der Waals surface area contributed by atoms with Crippen molar-refractivity contribution in [3.8, 4) is 17.2 Å². The molecule has 4 aliphatic rings. The van der Waals surface area contributed by atoms with Crippen LogP contribution in [0, 0.1) is 39.6 Å². The molecule has 2 aliphatic carbocycles. The first-order valence-electron chi connectivity index (χ1n) is 17.3. The summed E-state index contributed by atoms with van der Waals surface area (Å²) in [7, 11) is 2.77. The molecule has 13 nitrogen and oxygen atoms in total. The third-order valence-electron chi connectivity index (χ3n) is 11.4. The Hall–Kier alpha value is -6.28. The van der Waals surface area contributed by atoms with E-state index in [9.17, 15) is 34.0 Å². The van der Waals surface area contributed by atoms with Crippen LogP contribution in [0.5, 0.6) is 17.2 Å². The van der Waals surface area contributed by atoms with Gasteiger partial charge in [-0.1, -0.05) is 41.4 Å². The van der Waals surface area contributed by atoms with Crippen LogP contribution in [0.15, 0.2) is 96.6 Å². The minimum absolute atomic E-state index is 0.0479. The van der Waals surface area contributed by atoms with E-state index in [0.29, 0.717) is 21.7 Å². The number of nitro groups is 1. The fourth-order valence-electron chi connectivity index (χ4n) is 9.18. The van der Waals surface area contributed by atoms with Gasteiger partial charge >= 0.3 is 0 Å². The lowest BCUT2D eigenvalue weighted by Crippen LogP contribution is -2.53. The Morgan fingerprint density at radius 1 is 0.909 bits per heavy atom. The molecule has 4 aromatic rings. The van der Waals surface area contributed by atoms with Crippen LogP contribution < -0.4 is 19.8 Å². The molecule has 2 heterocycles. The van der Waals surface area contributed by atoms with Gasteiger partial charge in [0.2, 0.25) is 11.8 Å². The molecule has 6 unspecified atom stereocenters. The van der Waals surface area contributed by atoms with Crippen molar-refractivity contribution in [2.24, 2.45) is 23.7 Å². The van der Waals surface area contributed by atoms with E-state index in [1.165, 1.54) is 74.9 Å². The number of rotatable bonds is 8. The maximum atomic E-state index is 15.4. The van der Waals surface area contributed by atoms with Crippen LogP contribution in [0.3, 0.4) is 0 Å². The number of nitrogens with zero attached hydrogens (tertiary/aromatic N) is 3. The molecule has 8 rings (SSSR count). The summed E-state index contributed by atoms with van der Waals surface area (Å²) in [6, 6.07) is 19.7. The smallest absolute Gasteiger partial charge is 0.271 e. The predicted molar refractivity (Wildman–Crippen MR) is 196 cm³/mol. The van der Waals surface area contributed by atoms with Crippen molar-refractivity contribution in [1.29, 1.82) is 0 Å². The molecule has 2 N–H and O–H groups in total. The Labute approximate surface area is 318 Å². The molecule has 0 bridgehead atoms. The zero-order chi connectivity index (χ0) is 38.9. The number of phenolic OH excluding ortho intramolecular Hbond substituents is 1. The maximum Gasteiger partial charge on any atom is 0.271 e. The Balaban J connectivity index is 1.36. The third-order valence-corrected chi connectivity index (χ3v) is 11.6. The Morgan fingerprint density at radius 3 is 2.22 bits per heavy atom. The fraction of sp³-hybridized carbons (Fsp3) is 0.250. The number of phenols is 1. The lowest BCUT2D eigenvalue weighted by molar-refractivity contribution is -0.384. The number of benzene rings is 4. The number of methoxy groups -OCH3 is 2. The standard InChI is InChI=1S/C40H32ClFN4O9/c1-54-31-17-26(47)18-32(55-2)34(31)35-27-14-15-28-33(38(50)44(36(28)48)24-4-3-5-25(16-24)46(52)53)29(27)19-30-37(49)45(43-23-12-10-22(42)11-13-23)39(51)40(30,35)20-6-8-21(41)9-7-20/h3-14,16-18,28-30,33,35,43,47H,15,19H2,1-2H3. The number of ether oxygens (including phenoxy) is 2. The zero-order valence-corrected chi connectivity index (χ0v) is 30.0. The largest absolute Gasteiger partial charge is 0.508 e. The van der Waals surface area contributed by atoms with E-state index >= 15 is 4.79 Å². The van der Waals surface area contributed by atoms with Crippen LogP contribution >= 0.6 is 11.6 Å². The molecule has 0 aromatic heterocycles. The summed E-state index contributed by atoms with van der Waals surface area (Å²) in [6.45, 7) is 0. The van der Waals surface area contributed by atoms with Gasteiger partial charge in [0.15, 0.2) is 0 Å². The number of anilines is 2. The molecule has 55 heavy (non-hydrogen) atoms. The number of halogens is 2. The number of hydrogen-bond donors (Lipinski definition) is 2. The molecule has 15 heteroatoms. The highest BCUT2D eigenvalue weighted by Crippen LogP contribution is 2.66. The van der Waals surface area contributed by atoms with E-state index in [0.717, 1.165) is 9.91 Å². The monoisotopic (exact) mass is 766 g/mol. The summed E-state index contributed by atoms with van der Waals surface area (Å²) >= 11 is 6.37. The second-order valence-corrected chi connectivity index (χ2v) is 14.4. The third kappa shape index (κ3) is 5.34. The highest BCUT2D eigenvalue weighted by atomic mass is 35.5. The first kappa shape index (κ1) is 35.7. The van der Waals surface area contributed by atoms with Gasteiger partial charge in [0.05, 0.1) is 53.7 Å². The average Bonchev–Trinajstić information content (AvgIpc) is 3.56. The molecular weight excluding hydrogens is 735 g/mol. The van der Waals surface area contributed by atoms with Crippen LogP contribution in [0.1, 0.15) is 29.9 Å². The second kappa shape index (κ2) is 13.2. The van der Waals surface area contributed by atoms with Gasteiger partial charge in [0.1, 0.15) is 23.1 Å². The number of hydrazine groups is 1. The van der Waals surface area contributed by atoms with Gasteiger partial charge in [-0.3, -0.25) is 34.7 Å². The Bertz CT molecular complexity index is 2310. The van der Waals surface area contributed by atoms with Crippen molar-refractivity contribution in [2.75, 3.05) is 24.5 Å². The molecule has 4 aromatic carbocycles. The highest BCUT2D eigenvalue weighted by molar-refractivity contribution is 6.30. The molecule has 280 valence electrons. The second-order valence-electron chi connectivity index (χ2n) is 13.9.